The average Bonchev–Trinajstić information content (AvgIpc) is 2.37. The van der Waals surface area contributed by atoms with Crippen LogP contribution >= 0.6 is 0 Å². The Morgan fingerprint density at radius 2 is 1.56 bits per heavy atom. The number of carbonyl (C=O) groups is 1. The number of methoxy groups -OCH3 is 1. The van der Waals surface area contributed by atoms with E-state index in [1.807, 2.05) is 6.92 Å². The van der Waals surface area contributed by atoms with E-state index in [1.54, 1.807) is 0 Å². The average molecular weight is 256 g/mol. The summed E-state index contributed by atoms with van der Waals surface area (Å²) in [4.78, 5) is 11.2. The minimum Gasteiger partial charge on any atom is -0.469 e. The van der Waals surface area contributed by atoms with Crippen molar-refractivity contribution in [3.8, 4) is 0 Å². The zero-order chi connectivity index (χ0) is 13.8. The quantitative estimate of drug-likeness (QED) is 0.385. The predicted octanol–water partition coefficient (Wildman–Crippen LogP) is 4.96. The molecule has 0 aliphatic heterocycles. The molecule has 0 amide bonds. The molecule has 0 rings (SSSR count). The lowest BCUT2D eigenvalue weighted by atomic mass is 9.94. The van der Waals surface area contributed by atoms with Gasteiger partial charge in [0.05, 0.1) is 13.0 Å². The van der Waals surface area contributed by atoms with Crippen molar-refractivity contribution in [1.82, 2.24) is 0 Å². The van der Waals surface area contributed by atoms with Crippen LogP contribution in [0.5, 0.6) is 0 Å². The molecule has 0 fully saturated rings. The second-order valence-electron chi connectivity index (χ2n) is 5.66. The molecule has 0 N–H and O–H groups in total. The lowest BCUT2D eigenvalue weighted by Crippen LogP contribution is -2.12. The molecule has 0 unspecified atom stereocenters. The van der Waals surface area contributed by atoms with Gasteiger partial charge in [-0.15, -0.1) is 0 Å². The van der Waals surface area contributed by atoms with Crippen molar-refractivity contribution in [2.24, 2.45) is 11.8 Å². The summed E-state index contributed by atoms with van der Waals surface area (Å²) in [5.74, 6) is 0.797. The SMILES string of the molecule is CCCCCCC[C@H](C)CCC[C@@H](C)C(=O)OC. The number of hydrogen-bond acceptors (Lipinski definition) is 2. The summed E-state index contributed by atoms with van der Waals surface area (Å²) in [6.07, 6.45) is 11.5. The molecule has 0 saturated carbocycles. The highest BCUT2D eigenvalue weighted by Gasteiger charge is 2.12. The van der Waals surface area contributed by atoms with E-state index >= 15 is 0 Å². The summed E-state index contributed by atoms with van der Waals surface area (Å²) >= 11 is 0. The smallest absolute Gasteiger partial charge is 0.308 e. The number of hydrogen-bond donors (Lipinski definition) is 0. The maximum absolute atomic E-state index is 11.2. The summed E-state index contributed by atoms with van der Waals surface area (Å²) in [5.41, 5.74) is 0. The Balaban J connectivity index is 3.41. The molecule has 2 nitrogen and oxygen atoms in total. The molecule has 0 aromatic carbocycles. The molecule has 0 radical (unpaired) electrons. The van der Waals surface area contributed by atoms with E-state index in [0.29, 0.717) is 0 Å². The van der Waals surface area contributed by atoms with Gasteiger partial charge in [0.15, 0.2) is 0 Å². The maximum atomic E-state index is 11.2. The van der Waals surface area contributed by atoms with Crippen molar-refractivity contribution >= 4 is 5.97 Å². The molecule has 0 heterocycles. The van der Waals surface area contributed by atoms with E-state index < -0.39 is 0 Å². The molecule has 2 atom stereocenters. The second-order valence-corrected chi connectivity index (χ2v) is 5.66. The Labute approximate surface area is 113 Å². The fourth-order valence-electron chi connectivity index (χ4n) is 2.33. The standard InChI is InChI=1S/C16H32O2/c1-5-6-7-8-9-11-14(2)12-10-13-15(3)16(17)18-4/h14-15H,5-13H2,1-4H3/t14-,15+/m0/s1. The van der Waals surface area contributed by atoms with E-state index in [1.165, 1.54) is 52.1 Å². The van der Waals surface area contributed by atoms with Gasteiger partial charge >= 0.3 is 5.97 Å². The van der Waals surface area contributed by atoms with E-state index in [2.05, 4.69) is 13.8 Å². The predicted molar refractivity (Wildman–Crippen MR) is 77.6 cm³/mol. The highest BCUT2D eigenvalue weighted by Crippen LogP contribution is 2.19. The minimum atomic E-state index is -0.0674. The zero-order valence-electron chi connectivity index (χ0n) is 12.8. The third kappa shape index (κ3) is 9.49. The topological polar surface area (TPSA) is 26.3 Å². The largest absolute Gasteiger partial charge is 0.469 e. The summed E-state index contributed by atoms with van der Waals surface area (Å²) in [6, 6.07) is 0. The number of esters is 1. The van der Waals surface area contributed by atoms with Gasteiger partial charge in [-0.3, -0.25) is 4.79 Å². The van der Waals surface area contributed by atoms with Crippen LogP contribution in [0.2, 0.25) is 0 Å². The van der Waals surface area contributed by atoms with Gasteiger partial charge < -0.3 is 4.74 Å². The van der Waals surface area contributed by atoms with Gasteiger partial charge in [-0.2, -0.15) is 0 Å². The molecule has 0 aromatic rings. The molecule has 0 aliphatic rings. The van der Waals surface area contributed by atoms with Crippen molar-refractivity contribution < 1.29 is 9.53 Å². The summed E-state index contributed by atoms with van der Waals surface area (Å²) in [7, 11) is 1.47. The highest BCUT2D eigenvalue weighted by molar-refractivity contribution is 5.71. The maximum Gasteiger partial charge on any atom is 0.308 e. The Hall–Kier alpha value is -0.530. The Kier molecular flexibility index (Phi) is 11.2. The van der Waals surface area contributed by atoms with Crippen molar-refractivity contribution in [3.63, 3.8) is 0 Å². The Morgan fingerprint density at radius 1 is 0.944 bits per heavy atom. The molecular formula is C16H32O2. The summed E-state index contributed by atoms with van der Waals surface area (Å²) in [6.45, 7) is 6.55. The van der Waals surface area contributed by atoms with Crippen LogP contribution in [-0.2, 0) is 9.53 Å². The third-order valence-corrected chi connectivity index (χ3v) is 3.74. The van der Waals surface area contributed by atoms with Gasteiger partial charge in [-0.05, 0) is 12.3 Å². The van der Waals surface area contributed by atoms with Crippen LogP contribution in [0.3, 0.4) is 0 Å². The van der Waals surface area contributed by atoms with E-state index in [0.717, 1.165) is 18.8 Å². The fraction of sp³-hybridized carbons (Fsp3) is 0.938. The molecule has 0 bridgehead atoms. The van der Waals surface area contributed by atoms with Crippen LogP contribution in [0, 0.1) is 11.8 Å². The van der Waals surface area contributed by atoms with Crippen LogP contribution in [0.25, 0.3) is 0 Å². The van der Waals surface area contributed by atoms with Crippen LogP contribution in [0.1, 0.15) is 78.6 Å². The number of ether oxygens (including phenoxy) is 1. The molecule has 18 heavy (non-hydrogen) atoms. The number of carbonyl (C=O) groups excluding carboxylic acids is 1. The molecule has 2 heteroatoms. The molecule has 0 spiro atoms. The van der Waals surface area contributed by atoms with Gasteiger partial charge in [0.2, 0.25) is 0 Å². The first kappa shape index (κ1) is 17.5. The second kappa shape index (κ2) is 11.6. The van der Waals surface area contributed by atoms with E-state index in [-0.39, 0.29) is 11.9 Å². The summed E-state index contributed by atoms with van der Waals surface area (Å²) in [5, 5.41) is 0. The van der Waals surface area contributed by atoms with Crippen molar-refractivity contribution in [3.05, 3.63) is 0 Å². The first-order valence-electron chi connectivity index (χ1n) is 7.69. The van der Waals surface area contributed by atoms with Crippen LogP contribution in [-0.4, -0.2) is 13.1 Å². The van der Waals surface area contributed by atoms with Gasteiger partial charge in [0, 0.05) is 0 Å². The van der Waals surface area contributed by atoms with Gasteiger partial charge in [-0.25, -0.2) is 0 Å². The fourth-order valence-corrected chi connectivity index (χ4v) is 2.33. The molecule has 0 saturated heterocycles. The van der Waals surface area contributed by atoms with Gasteiger partial charge in [-0.1, -0.05) is 72.1 Å². The van der Waals surface area contributed by atoms with E-state index in [4.69, 9.17) is 4.74 Å². The monoisotopic (exact) mass is 256 g/mol. The number of rotatable bonds is 11. The Morgan fingerprint density at radius 3 is 2.17 bits per heavy atom. The first-order chi connectivity index (χ1) is 8.61. The van der Waals surface area contributed by atoms with Gasteiger partial charge in [0.1, 0.15) is 0 Å². The Bertz CT molecular complexity index is 201. The van der Waals surface area contributed by atoms with Crippen LogP contribution in [0.15, 0.2) is 0 Å². The molecule has 0 aromatic heterocycles. The van der Waals surface area contributed by atoms with Crippen molar-refractivity contribution in [2.45, 2.75) is 78.6 Å². The highest BCUT2D eigenvalue weighted by atomic mass is 16.5. The number of unbranched alkanes of at least 4 members (excludes halogenated alkanes) is 4. The van der Waals surface area contributed by atoms with Crippen molar-refractivity contribution in [2.75, 3.05) is 7.11 Å². The normalized spacial score (nSPS) is 14.2. The molecular weight excluding hydrogens is 224 g/mol. The van der Waals surface area contributed by atoms with Gasteiger partial charge in [0.25, 0.3) is 0 Å². The third-order valence-electron chi connectivity index (χ3n) is 3.74. The van der Waals surface area contributed by atoms with Crippen LogP contribution in [0.4, 0.5) is 0 Å². The van der Waals surface area contributed by atoms with Crippen molar-refractivity contribution in [1.29, 1.82) is 0 Å². The first-order valence-corrected chi connectivity index (χ1v) is 7.69. The lowest BCUT2D eigenvalue weighted by Gasteiger charge is -2.13. The van der Waals surface area contributed by atoms with E-state index in [9.17, 15) is 4.79 Å². The summed E-state index contributed by atoms with van der Waals surface area (Å²) < 4.78 is 4.73. The molecule has 108 valence electrons. The minimum absolute atomic E-state index is 0.0618. The zero-order valence-corrected chi connectivity index (χ0v) is 12.8. The lowest BCUT2D eigenvalue weighted by molar-refractivity contribution is -0.145. The molecule has 0 aliphatic carbocycles. The van der Waals surface area contributed by atoms with Crippen LogP contribution < -0.4 is 0 Å².